The lowest BCUT2D eigenvalue weighted by Gasteiger charge is -2.06. The first-order valence-electron chi connectivity index (χ1n) is 5.57. The predicted molar refractivity (Wildman–Crippen MR) is 72.9 cm³/mol. The minimum atomic E-state index is -0.495. The number of methoxy groups -OCH3 is 1. The number of carbonyl (C=O) groups is 1. The molecule has 2 aromatic rings. The third kappa shape index (κ3) is 2.65. The first-order valence-corrected chi connectivity index (χ1v) is 6.69. The number of aromatic nitrogens is 4. The van der Waals surface area contributed by atoms with Gasteiger partial charge < -0.3 is 4.74 Å². The van der Waals surface area contributed by atoms with Crippen LogP contribution in [0.4, 0.5) is 0 Å². The van der Waals surface area contributed by atoms with E-state index in [1.165, 1.54) is 7.11 Å². The van der Waals surface area contributed by atoms with Crippen LogP contribution in [0.2, 0.25) is 0 Å². The monoisotopic (exact) mass is 324 g/mol. The Labute approximate surface area is 119 Å². The maximum atomic E-state index is 11.7. The van der Waals surface area contributed by atoms with E-state index in [0.29, 0.717) is 16.7 Å². The van der Waals surface area contributed by atoms with E-state index in [9.17, 15) is 4.79 Å². The molecule has 7 heteroatoms. The summed E-state index contributed by atoms with van der Waals surface area (Å²) in [5.41, 5.74) is 3.06. The first kappa shape index (κ1) is 13.7. The molecule has 2 heterocycles. The molecule has 0 aromatic carbocycles. The zero-order valence-electron chi connectivity index (χ0n) is 10.8. The second-order valence-electron chi connectivity index (χ2n) is 3.98. The number of nitrogens with zero attached hydrogens (tertiary/aromatic N) is 4. The average molecular weight is 325 g/mol. The van der Waals surface area contributed by atoms with Crippen LogP contribution in [0.3, 0.4) is 0 Å². The van der Waals surface area contributed by atoms with Gasteiger partial charge in [0.2, 0.25) is 0 Å². The van der Waals surface area contributed by atoms with E-state index < -0.39 is 5.97 Å². The lowest BCUT2D eigenvalue weighted by molar-refractivity contribution is 0.0592. The van der Waals surface area contributed by atoms with Gasteiger partial charge in [-0.2, -0.15) is 5.10 Å². The number of esters is 1. The highest BCUT2D eigenvalue weighted by atomic mass is 79.9. The highest BCUT2D eigenvalue weighted by molar-refractivity contribution is 9.08. The Morgan fingerprint density at radius 3 is 2.79 bits per heavy atom. The lowest BCUT2D eigenvalue weighted by Crippen LogP contribution is -2.10. The minimum absolute atomic E-state index is 0.222. The number of halogens is 1. The molecule has 19 heavy (non-hydrogen) atoms. The largest absolute Gasteiger partial charge is 0.464 e. The van der Waals surface area contributed by atoms with Gasteiger partial charge in [0.25, 0.3) is 0 Å². The smallest absolute Gasteiger partial charge is 0.358 e. The van der Waals surface area contributed by atoms with Crippen molar-refractivity contribution in [3.05, 3.63) is 29.5 Å². The molecule has 2 aromatic heterocycles. The van der Waals surface area contributed by atoms with Crippen molar-refractivity contribution >= 4 is 21.9 Å². The van der Waals surface area contributed by atoms with Crippen molar-refractivity contribution in [2.24, 2.45) is 7.05 Å². The third-order valence-corrected chi connectivity index (χ3v) is 3.17. The molecule has 0 aliphatic rings. The van der Waals surface area contributed by atoms with Gasteiger partial charge >= 0.3 is 5.97 Å². The van der Waals surface area contributed by atoms with Gasteiger partial charge in [-0.15, -0.1) is 0 Å². The molecule has 0 aliphatic heterocycles. The van der Waals surface area contributed by atoms with Gasteiger partial charge in [0.05, 0.1) is 30.4 Å². The van der Waals surface area contributed by atoms with Crippen LogP contribution in [0.25, 0.3) is 11.3 Å². The van der Waals surface area contributed by atoms with Crippen LogP contribution in [0.15, 0.2) is 12.4 Å². The van der Waals surface area contributed by atoms with E-state index in [4.69, 9.17) is 4.74 Å². The molecule has 0 saturated carbocycles. The molecule has 0 fully saturated rings. The average Bonchev–Trinajstić information content (AvgIpc) is 2.76. The molecule has 0 spiro atoms. The van der Waals surface area contributed by atoms with Crippen molar-refractivity contribution in [2.45, 2.75) is 12.3 Å². The van der Waals surface area contributed by atoms with Crippen LogP contribution in [0.1, 0.15) is 21.9 Å². The molecule has 0 N–H and O–H groups in total. The highest BCUT2D eigenvalue weighted by Crippen LogP contribution is 2.21. The van der Waals surface area contributed by atoms with Gasteiger partial charge in [-0.1, -0.05) is 15.9 Å². The summed E-state index contributed by atoms with van der Waals surface area (Å²) in [5, 5.41) is 4.69. The summed E-state index contributed by atoms with van der Waals surface area (Å²) in [5.74, 6) is -0.495. The second-order valence-corrected chi connectivity index (χ2v) is 4.54. The van der Waals surface area contributed by atoms with E-state index in [1.807, 2.05) is 20.2 Å². The first-order chi connectivity index (χ1) is 9.06. The fraction of sp³-hybridized carbons (Fsp3) is 0.333. The Morgan fingerprint density at radius 1 is 1.53 bits per heavy atom. The van der Waals surface area contributed by atoms with Crippen LogP contribution < -0.4 is 0 Å². The number of ether oxygens (including phenoxy) is 1. The second kappa shape index (κ2) is 5.48. The Kier molecular flexibility index (Phi) is 3.94. The Bertz CT molecular complexity index is 624. The van der Waals surface area contributed by atoms with Crippen molar-refractivity contribution < 1.29 is 9.53 Å². The summed E-state index contributed by atoms with van der Waals surface area (Å²) in [6, 6.07) is 0. The maximum absolute atomic E-state index is 11.7. The van der Waals surface area contributed by atoms with Crippen molar-refractivity contribution in [3.8, 4) is 11.3 Å². The molecular formula is C12H13BrN4O2. The molecule has 0 unspecified atom stereocenters. The topological polar surface area (TPSA) is 69.9 Å². The Balaban J connectivity index is 2.54. The van der Waals surface area contributed by atoms with E-state index >= 15 is 0 Å². The SMILES string of the molecule is COC(=O)c1nc(-c2cn(C)nc2C)cnc1CBr. The van der Waals surface area contributed by atoms with Crippen LogP contribution >= 0.6 is 15.9 Å². The molecule has 0 radical (unpaired) electrons. The fourth-order valence-corrected chi connectivity index (χ4v) is 2.16. The Hall–Kier alpha value is -1.76. The highest BCUT2D eigenvalue weighted by Gasteiger charge is 2.17. The number of alkyl halides is 1. The van der Waals surface area contributed by atoms with Crippen LogP contribution in [-0.4, -0.2) is 32.8 Å². The van der Waals surface area contributed by atoms with Crippen LogP contribution in [0, 0.1) is 6.92 Å². The van der Waals surface area contributed by atoms with Gasteiger partial charge in [0.1, 0.15) is 0 Å². The van der Waals surface area contributed by atoms with Crippen LogP contribution in [0.5, 0.6) is 0 Å². The predicted octanol–water partition coefficient (Wildman–Crippen LogP) is 1.87. The summed E-state index contributed by atoms with van der Waals surface area (Å²) in [6.07, 6.45) is 3.47. The number of carbonyl (C=O) groups excluding carboxylic acids is 1. The molecule has 0 saturated heterocycles. The van der Waals surface area contributed by atoms with Gasteiger partial charge in [0, 0.05) is 24.1 Å². The lowest BCUT2D eigenvalue weighted by atomic mass is 10.2. The molecule has 0 aliphatic carbocycles. The Morgan fingerprint density at radius 2 is 2.26 bits per heavy atom. The van der Waals surface area contributed by atoms with Gasteiger partial charge in [-0.3, -0.25) is 9.67 Å². The molecule has 2 rings (SSSR count). The van der Waals surface area contributed by atoms with Gasteiger partial charge in [-0.05, 0) is 6.92 Å². The number of hydrogen-bond acceptors (Lipinski definition) is 5. The van der Waals surface area contributed by atoms with Crippen LogP contribution in [-0.2, 0) is 17.1 Å². The number of aryl methyl sites for hydroxylation is 2. The summed E-state index contributed by atoms with van der Waals surface area (Å²) in [7, 11) is 3.15. The van der Waals surface area contributed by atoms with E-state index in [-0.39, 0.29) is 5.69 Å². The molecule has 0 bridgehead atoms. The summed E-state index contributed by atoms with van der Waals surface area (Å²) in [4.78, 5) is 20.3. The summed E-state index contributed by atoms with van der Waals surface area (Å²) >= 11 is 3.28. The molecule has 6 nitrogen and oxygen atoms in total. The zero-order valence-corrected chi connectivity index (χ0v) is 12.4. The molecular weight excluding hydrogens is 312 g/mol. The van der Waals surface area contributed by atoms with Crippen molar-refractivity contribution in [3.63, 3.8) is 0 Å². The standard InChI is InChI=1S/C12H13BrN4O2/c1-7-8(6-17(2)16-7)10-5-14-9(4-13)11(15-10)12(18)19-3/h5-6H,4H2,1-3H3. The van der Waals surface area contributed by atoms with E-state index in [2.05, 4.69) is 31.0 Å². The summed E-state index contributed by atoms with van der Waals surface area (Å²) in [6.45, 7) is 1.88. The fourth-order valence-electron chi connectivity index (χ4n) is 1.75. The normalized spacial score (nSPS) is 10.5. The van der Waals surface area contributed by atoms with Crippen molar-refractivity contribution in [2.75, 3.05) is 7.11 Å². The quantitative estimate of drug-likeness (QED) is 0.636. The van der Waals surface area contributed by atoms with Crippen molar-refractivity contribution in [1.82, 2.24) is 19.7 Å². The number of rotatable bonds is 3. The number of hydrogen-bond donors (Lipinski definition) is 0. The molecule has 0 atom stereocenters. The maximum Gasteiger partial charge on any atom is 0.358 e. The third-order valence-electron chi connectivity index (χ3n) is 2.64. The zero-order chi connectivity index (χ0) is 14.0. The molecule has 0 amide bonds. The minimum Gasteiger partial charge on any atom is -0.464 e. The van der Waals surface area contributed by atoms with E-state index in [0.717, 1.165) is 11.3 Å². The summed E-state index contributed by atoms with van der Waals surface area (Å²) < 4.78 is 6.42. The van der Waals surface area contributed by atoms with Crippen molar-refractivity contribution in [1.29, 1.82) is 0 Å². The van der Waals surface area contributed by atoms with Gasteiger partial charge in [-0.25, -0.2) is 9.78 Å². The molecule has 100 valence electrons. The van der Waals surface area contributed by atoms with Gasteiger partial charge in [0.15, 0.2) is 5.69 Å². The van der Waals surface area contributed by atoms with E-state index in [1.54, 1.807) is 10.9 Å².